The van der Waals surface area contributed by atoms with Crippen LogP contribution in [0.15, 0.2) is 48.8 Å². The van der Waals surface area contributed by atoms with Gasteiger partial charge in [-0.15, -0.1) is 0 Å². The van der Waals surface area contributed by atoms with E-state index in [4.69, 9.17) is 0 Å². The summed E-state index contributed by atoms with van der Waals surface area (Å²) >= 11 is 0. The molecule has 6 nitrogen and oxygen atoms in total. The lowest BCUT2D eigenvalue weighted by Crippen LogP contribution is -2.31. The van der Waals surface area contributed by atoms with Crippen molar-refractivity contribution in [3.63, 3.8) is 0 Å². The Balaban J connectivity index is 1.38. The number of fused-ring (bicyclic) bond motifs is 1. The molecule has 4 rings (SSSR count). The number of carbonyl (C=O) groups is 1. The van der Waals surface area contributed by atoms with E-state index < -0.39 is 12.8 Å². The van der Waals surface area contributed by atoms with Gasteiger partial charge in [0.15, 0.2) is 6.61 Å². The van der Waals surface area contributed by atoms with Gasteiger partial charge in [-0.3, -0.25) is 14.8 Å². The number of carbonyl (C=O) groups excluding carboxylic acids is 1. The van der Waals surface area contributed by atoms with Gasteiger partial charge in [-0.05, 0) is 25.5 Å². The molecule has 0 saturated heterocycles. The lowest BCUT2D eigenvalue weighted by molar-refractivity contribution is -0.154. The molecule has 1 aliphatic rings. The molecule has 1 aromatic carbocycles. The topological polar surface area (TPSA) is 68.2 Å². The molecule has 1 unspecified atom stereocenters. The van der Waals surface area contributed by atoms with E-state index in [9.17, 15) is 18.0 Å². The monoisotopic (exact) mass is 430 g/mol. The SMILES string of the molecule is CC(c1cnc(OCC(F)(F)F)cn1)N(C)C(=O)[C@@H]1C[C@H]1c1ccc2ccccc2n1. The summed E-state index contributed by atoms with van der Waals surface area (Å²) in [5.74, 6) is -0.307. The Morgan fingerprint density at radius 3 is 2.68 bits per heavy atom. The Morgan fingerprint density at radius 1 is 1.19 bits per heavy atom. The number of halogens is 3. The smallest absolute Gasteiger partial charge is 0.422 e. The maximum Gasteiger partial charge on any atom is 0.422 e. The van der Waals surface area contributed by atoms with Crippen LogP contribution in [0.4, 0.5) is 13.2 Å². The number of ether oxygens (including phenoxy) is 1. The summed E-state index contributed by atoms with van der Waals surface area (Å²) in [7, 11) is 1.69. The molecule has 0 N–H and O–H groups in total. The van der Waals surface area contributed by atoms with Gasteiger partial charge in [0.05, 0.1) is 29.6 Å². The molecule has 3 aromatic rings. The summed E-state index contributed by atoms with van der Waals surface area (Å²) in [5.41, 5.74) is 2.28. The van der Waals surface area contributed by atoms with Crippen LogP contribution in [-0.4, -0.2) is 45.6 Å². The van der Waals surface area contributed by atoms with Crippen molar-refractivity contribution in [3.05, 3.63) is 60.2 Å². The summed E-state index contributed by atoms with van der Waals surface area (Å²) < 4.78 is 41.3. The fraction of sp³-hybridized carbons (Fsp3) is 0.364. The molecule has 31 heavy (non-hydrogen) atoms. The van der Waals surface area contributed by atoms with Gasteiger partial charge >= 0.3 is 6.18 Å². The molecule has 1 fully saturated rings. The third kappa shape index (κ3) is 4.76. The highest BCUT2D eigenvalue weighted by Crippen LogP contribution is 2.48. The number of benzene rings is 1. The minimum atomic E-state index is -4.44. The van der Waals surface area contributed by atoms with Gasteiger partial charge < -0.3 is 9.64 Å². The number of nitrogens with zero attached hydrogens (tertiary/aromatic N) is 4. The van der Waals surface area contributed by atoms with E-state index in [1.165, 1.54) is 6.20 Å². The van der Waals surface area contributed by atoms with Crippen molar-refractivity contribution in [1.82, 2.24) is 19.9 Å². The highest BCUT2D eigenvalue weighted by atomic mass is 19.4. The predicted octanol–water partition coefficient (Wildman–Crippen LogP) is 4.29. The first kappa shape index (κ1) is 21.0. The molecule has 1 aliphatic carbocycles. The average molecular weight is 430 g/mol. The minimum Gasteiger partial charge on any atom is -0.467 e. The number of pyridine rings is 1. The van der Waals surface area contributed by atoms with E-state index in [1.54, 1.807) is 18.9 Å². The number of rotatable bonds is 6. The second kappa shape index (κ2) is 8.13. The summed E-state index contributed by atoms with van der Waals surface area (Å²) in [6.07, 6.45) is -1.25. The van der Waals surface area contributed by atoms with Crippen LogP contribution in [0.1, 0.15) is 36.7 Å². The highest BCUT2D eigenvalue weighted by Gasteiger charge is 2.47. The molecule has 9 heteroatoms. The number of para-hydroxylation sites is 1. The summed E-state index contributed by atoms with van der Waals surface area (Å²) in [6.45, 7) is 0.366. The molecular weight excluding hydrogens is 409 g/mol. The molecule has 2 heterocycles. The van der Waals surface area contributed by atoms with Crippen molar-refractivity contribution >= 4 is 16.8 Å². The van der Waals surface area contributed by atoms with Gasteiger partial charge in [-0.2, -0.15) is 13.2 Å². The maximum absolute atomic E-state index is 12.9. The van der Waals surface area contributed by atoms with Crippen molar-refractivity contribution in [1.29, 1.82) is 0 Å². The second-order valence-corrected chi connectivity index (χ2v) is 7.69. The molecule has 162 valence electrons. The molecule has 0 spiro atoms. The van der Waals surface area contributed by atoms with Crippen molar-refractivity contribution in [2.24, 2.45) is 5.92 Å². The fourth-order valence-corrected chi connectivity index (χ4v) is 3.51. The summed E-state index contributed by atoms with van der Waals surface area (Å²) in [5, 5.41) is 1.06. The number of aromatic nitrogens is 3. The van der Waals surface area contributed by atoms with Gasteiger partial charge in [0.1, 0.15) is 0 Å². The zero-order chi connectivity index (χ0) is 22.2. The molecule has 1 saturated carbocycles. The minimum absolute atomic E-state index is 0.0216. The van der Waals surface area contributed by atoms with Crippen LogP contribution in [0.5, 0.6) is 5.88 Å². The summed E-state index contributed by atoms with van der Waals surface area (Å²) in [6, 6.07) is 11.4. The van der Waals surface area contributed by atoms with E-state index in [0.29, 0.717) is 5.69 Å². The number of alkyl halides is 3. The van der Waals surface area contributed by atoms with Crippen molar-refractivity contribution in [2.45, 2.75) is 31.5 Å². The predicted molar refractivity (Wildman–Crippen MR) is 107 cm³/mol. The summed E-state index contributed by atoms with van der Waals surface area (Å²) in [4.78, 5) is 27.2. The van der Waals surface area contributed by atoms with Crippen molar-refractivity contribution in [2.75, 3.05) is 13.7 Å². The van der Waals surface area contributed by atoms with Gasteiger partial charge in [0.2, 0.25) is 11.8 Å². The Bertz CT molecular complexity index is 1090. The zero-order valence-electron chi connectivity index (χ0n) is 17.0. The van der Waals surface area contributed by atoms with Crippen LogP contribution in [0.3, 0.4) is 0 Å². The van der Waals surface area contributed by atoms with E-state index in [0.717, 1.165) is 29.2 Å². The van der Waals surface area contributed by atoms with Crippen LogP contribution in [0, 0.1) is 5.92 Å². The van der Waals surface area contributed by atoms with Crippen LogP contribution >= 0.6 is 0 Å². The molecular formula is C22H21F3N4O2. The number of hydrogen-bond donors (Lipinski definition) is 0. The van der Waals surface area contributed by atoms with E-state index in [-0.39, 0.29) is 29.7 Å². The first-order valence-corrected chi connectivity index (χ1v) is 9.87. The van der Waals surface area contributed by atoms with Crippen molar-refractivity contribution in [3.8, 4) is 5.88 Å². The first-order chi connectivity index (χ1) is 14.7. The Hall–Kier alpha value is -3.23. The Morgan fingerprint density at radius 2 is 1.97 bits per heavy atom. The van der Waals surface area contributed by atoms with Gasteiger partial charge in [-0.25, -0.2) is 4.98 Å². The zero-order valence-corrected chi connectivity index (χ0v) is 17.0. The molecule has 0 bridgehead atoms. The van der Waals surface area contributed by atoms with Crippen molar-refractivity contribution < 1.29 is 22.7 Å². The van der Waals surface area contributed by atoms with Gasteiger partial charge in [-0.1, -0.05) is 24.3 Å². The lowest BCUT2D eigenvalue weighted by atomic mass is 10.1. The maximum atomic E-state index is 12.9. The largest absolute Gasteiger partial charge is 0.467 e. The Labute approximate surface area is 177 Å². The van der Waals surface area contributed by atoms with Gasteiger partial charge in [0, 0.05) is 30.0 Å². The van der Waals surface area contributed by atoms with E-state index in [2.05, 4.69) is 19.7 Å². The number of hydrogen-bond acceptors (Lipinski definition) is 5. The molecule has 1 amide bonds. The highest BCUT2D eigenvalue weighted by molar-refractivity contribution is 5.84. The van der Waals surface area contributed by atoms with Gasteiger partial charge in [0.25, 0.3) is 0 Å². The Kier molecular flexibility index (Phi) is 5.51. The van der Waals surface area contributed by atoms with E-state index >= 15 is 0 Å². The third-order valence-corrected chi connectivity index (χ3v) is 5.50. The quantitative estimate of drug-likeness (QED) is 0.584. The normalized spacial score (nSPS) is 19.1. The van der Waals surface area contributed by atoms with Crippen LogP contribution < -0.4 is 4.74 Å². The lowest BCUT2D eigenvalue weighted by Gasteiger charge is -2.24. The van der Waals surface area contributed by atoms with Crippen LogP contribution in [-0.2, 0) is 4.79 Å². The average Bonchev–Trinajstić information content (AvgIpc) is 3.56. The third-order valence-electron chi connectivity index (χ3n) is 5.50. The van der Waals surface area contributed by atoms with Crippen LogP contribution in [0.25, 0.3) is 10.9 Å². The first-order valence-electron chi connectivity index (χ1n) is 9.87. The standard InChI is InChI=1S/C22H21F3N4O2/c1-13(19-10-27-20(11-26-19)31-12-22(23,24)25)29(2)21(30)16-9-15(16)18-8-7-14-5-3-4-6-17(14)28-18/h3-8,10-11,13,15-16H,9,12H2,1-2H3/t13?,15-,16-/m1/s1. The molecule has 3 atom stereocenters. The molecule has 2 aromatic heterocycles. The number of amides is 1. The van der Waals surface area contributed by atoms with Crippen LogP contribution in [0.2, 0.25) is 0 Å². The fourth-order valence-electron chi connectivity index (χ4n) is 3.51. The molecule has 0 radical (unpaired) electrons. The molecule has 0 aliphatic heterocycles. The van der Waals surface area contributed by atoms with E-state index in [1.807, 2.05) is 36.4 Å². The second-order valence-electron chi connectivity index (χ2n) is 7.69.